The summed E-state index contributed by atoms with van der Waals surface area (Å²) >= 11 is 0. The molecule has 0 aromatic heterocycles. The largest absolute Gasteiger partial charge is 0.472 e. The van der Waals surface area contributed by atoms with Crippen LogP contribution < -0.4 is 0 Å². The lowest BCUT2D eigenvalue weighted by Crippen LogP contribution is -2.29. The lowest BCUT2D eigenvalue weighted by atomic mass is 10.0. The number of phosphoric acid groups is 1. The zero-order valence-electron chi connectivity index (χ0n) is 39.5. The summed E-state index contributed by atoms with van der Waals surface area (Å²) in [5.41, 5.74) is 0. The zero-order chi connectivity index (χ0) is 44.8. The summed E-state index contributed by atoms with van der Waals surface area (Å²) in [4.78, 5) is 35.1. The Kier molecular flexibility index (Phi) is 45.7. The van der Waals surface area contributed by atoms with E-state index in [0.29, 0.717) is 12.8 Å². The highest BCUT2D eigenvalue weighted by Gasteiger charge is 2.27. The second-order valence-electron chi connectivity index (χ2n) is 17.6. The van der Waals surface area contributed by atoms with E-state index in [4.69, 9.17) is 23.6 Å². The second-order valence-corrected chi connectivity index (χ2v) is 19.1. The minimum Gasteiger partial charge on any atom is -0.462 e. The summed E-state index contributed by atoms with van der Waals surface area (Å²) in [7, 11) is -4.62. The first kappa shape index (κ1) is 59.7. The summed E-state index contributed by atoms with van der Waals surface area (Å²) in [6.45, 7) is 3.96. The van der Waals surface area contributed by atoms with Crippen LogP contribution in [0.25, 0.3) is 0 Å². The third-order valence-electron chi connectivity index (χ3n) is 11.6. The van der Waals surface area contributed by atoms with Crippen LogP contribution >= 0.6 is 7.82 Å². The summed E-state index contributed by atoms with van der Waals surface area (Å²) in [5, 5.41) is 18.4. The monoisotopic (exact) mass is 889 g/mol. The molecule has 362 valence electrons. The Morgan fingerprint density at radius 2 is 0.836 bits per heavy atom. The molecule has 0 saturated heterocycles. The van der Waals surface area contributed by atoms with E-state index in [9.17, 15) is 24.2 Å². The minimum absolute atomic E-state index is 0.191. The highest BCUT2D eigenvalue weighted by Crippen LogP contribution is 2.43. The van der Waals surface area contributed by atoms with Gasteiger partial charge in [0, 0.05) is 12.8 Å². The molecule has 0 radical (unpaired) electrons. The van der Waals surface area contributed by atoms with Crippen molar-refractivity contribution in [2.75, 3.05) is 26.4 Å². The van der Waals surface area contributed by atoms with E-state index in [-0.39, 0.29) is 19.4 Å². The lowest BCUT2D eigenvalue weighted by molar-refractivity contribution is -0.161. The number of aliphatic hydroxyl groups excluding tert-OH is 2. The summed E-state index contributed by atoms with van der Waals surface area (Å²) in [6, 6.07) is 0. The Bertz CT molecular complexity index is 1010. The molecule has 3 N–H and O–H groups in total. The number of esters is 2. The van der Waals surface area contributed by atoms with Crippen molar-refractivity contribution in [3.05, 3.63) is 12.7 Å². The van der Waals surface area contributed by atoms with Gasteiger partial charge in [-0.15, -0.1) is 6.58 Å². The van der Waals surface area contributed by atoms with Crippen molar-refractivity contribution in [2.45, 2.75) is 270 Å². The Hall–Kier alpha value is -1.29. The Morgan fingerprint density at radius 1 is 0.508 bits per heavy atom. The maximum Gasteiger partial charge on any atom is 0.472 e. The Balaban J connectivity index is 4.09. The molecule has 3 atom stereocenters. The average Bonchev–Trinajstić information content (AvgIpc) is 3.25. The van der Waals surface area contributed by atoms with Gasteiger partial charge in [-0.2, -0.15) is 0 Å². The first-order chi connectivity index (χ1) is 29.7. The third kappa shape index (κ3) is 46.5. The van der Waals surface area contributed by atoms with Crippen LogP contribution in [0, 0.1) is 0 Å². The molecule has 0 bridgehead atoms. The van der Waals surface area contributed by atoms with Crippen molar-refractivity contribution < 1.29 is 47.8 Å². The maximum absolute atomic E-state index is 12.7. The topological polar surface area (TPSA) is 149 Å². The van der Waals surface area contributed by atoms with Gasteiger partial charge < -0.3 is 24.6 Å². The number of rotatable bonds is 50. The van der Waals surface area contributed by atoms with Gasteiger partial charge in [0.2, 0.25) is 0 Å². The van der Waals surface area contributed by atoms with Gasteiger partial charge in [0.25, 0.3) is 0 Å². The van der Waals surface area contributed by atoms with Crippen LogP contribution in [0.4, 0.5) is 0 Å². The second kappa shape index (κ2) is 46.7. The molecular weight excluding hydrogens is 792 g/mol. The standard InChI is InChI=1S/C50H97O10P/c1-3-5-7-9-11-13-15-17-19-20-21-22-23-24-25-26-28-30-32-34-36-38-40-42-50(54)60-48(46-59-61(55,56)58-44-47(52)43-51)45-57-49(53)41-39-37-35-33-31-29-27-18-16-14-12-10-8-6-4-2/h4,47-48,51-52H,2-3,5-46H2,1H3,(H,55,56)/t47-,48+/m0/s1. The molecule has 0 spiro atoms. The lowest BCUT2D eigenvalue weighted by Gasteiger charge is -2.20. The number of aliphatic hydroxyl groups is 2. The molecule has 61 heavy (non-hydrogen) atoms. The molecule has 11 heteroatoms. The van der Waals surface area contributed by atoms with E-state index in [1.807, 2.05) is 6.08 Å². The van der Waals surface area contributed by atoms with Crippen LogP contribution in [-0.4, -0.2) is 65.7 Å². The van der Waals surface area contributed by atoms with Crippen LogP contribution in [0.2, 0.25) is 0 Å². The van der Waals surface area contributed by atoms with Crippen molar-refractivity contribution in [1.29, 1.82) is 0 Å². The molecule has 0 aliphatic heterocycles. The summed E-state index contributed by atoms with van der Waals surface area (Å²) in [6.07, 6.45) is 46.5. The predicted octanol–water partition coefficient (Wildman–Crippen LogP) is 14.3. The molecule has 0 aromatic rings. The van der Waals surface area contributed by atoms with Crippen molar-refractivity contribution in [2.24, 2.45) is 0 Å². The fourth-order valence-electron chi connectivity index (χ4n) is 7.62. The number of hydrogen-bond donors (Lipinski definition) is 3. The fourth-order valence-corrected chi connectivity index (χ4v) is 8.41. The molecule has 0 aliphatic carbocycles. The average molecular weight is 889 g/mol. The van der Waals surface area contributed by atoms with Gasteiger partial charge in [0.05, 0.1) is 19.8 Å². The SMILES string of the molecule is C=CCCCCCCCCCCCCCCCC(=O)OC[C@H](COP(=O)(O)OC[C@@H](O)CO)OC(=O)CCCCCCCCCCCCCCCCCCCCCCCCC. The van der Waals surface area contributed by atoms with E-state index >= 15 is 0 Å². The summed E-state index contributed by atoms with van der Waals surface area (Å²) < 4.78 is 32.9. The van der Waals surface area contributed by atoms with Gasteiger partial charge in [-0.25, -0.2) is 4.57 Å². The number of unbranched alkanes of at least 4 members (excludes halogenated alkanes) is 35. The first-order valence-corrected chi connectivity index (χ1v) is 27.1. The van der Waals surface area contributed by atoms with E-state index in [1.54, 1.807) is 0 Å². The Morgan fingerprint density at radius 3 is 1.20 bits per heavy atom. The van der Waals surface area contributed by atoms with Gasteiger partial charge in [-0.05, 0) is 25.7 Å². The molecule has 1 unspecified atom stereocenters. The highest BCUT2D eigenvalue weighted by atomic mass is 31.2. The van der Waals surface area contributed by atoms with Crippen LogP contribution in [0.15, 0.2) is 12.7 Å². The molecule has 0 rings (SSSR count). The number of carbonyl (C=O) groups is 2. The Labute approximate surface area is 375 Å². The maximum atomic E-state index is 12.7. The molecule has 0 amide bonds. The zero-order valence-corrected chi connectivity index (χ0v) is 40.4. The normalized spacial score (nSPS) is 13.5. The van der Waals surface area contributed by atoms with Crippen LogP contribution in [-0.2, 0) is 32.7 Å². The number of phosphoric ester groups is 1. The molecule has 0 heterocycles. The smallest absolute Gasteiger partial charge is 0.462 e. The van der Waals surface area contributed by atoms with E-state index < -0.39 is 51.8 Å². The first-order valence-electron chi connectivity index (χ1n) is 25.6. The van der Waals surface area contributed by atoms with E-state index in [2.05, 4.69) is 13.5 Å². The number of ether oxygens (including phenoxy) is 2. The summed E-state index contributed by atoms with van der Waals surface area (Å²) in [5.74, 6) is -0.911. The molecule has 0 saturated carbocycles. The molecule has 0 aromatic carbocycles. The van der Waals surface area contributed by atoms with Gasteiger partial charge in [0.15, 0.2) is 6.10 Å². The van der Waals surface area contributed by atoms with Crippen molar-refractivity contribution in [1.82, 2.24) is 0 Å². The van der Waals surface area contributed by atoms with E-state index in [0.717, 1.165) is 44.9 Å². The van der Waals surface area contributed by atoms with Crippen molar-refractivity contribution >= 4 is 19.8 Å². The van der Waals surface area contributed by atoms with Crippen LogP contribution in [0.3, 0.4) is 0 Å². The number of hydrogen-bond acceptors (Lipinski definition) is 9. The van der Waals surface area contributed by atoms with Gasteiger partial charge >= 0.3 is 19.8 Å². The van der Waals surface area contributed by atoms with Gasteiger partial charge in [0.1, 0.15) is 12.7 Å². The highest BCUT2D eigenvalue weighted by molar-refractivity contribution is 7.47. The third-order valence-corrected chi connectivity index (χ3v) is 12.5. The van der Waals surface area contributed by atoms with Gasteiger partial charge in [-0.1, -0.05) is 225 Å². The predicted molar refractivity (Wildman–Crippen MR) is 252 cm³/mol. The van der Waals surface area contributed by atoms with E-state index in [1.165, 1.54) is 180 Å². The molecule has 10 nitrogen and oxygen atoms in total. The molecule has 0 aliphatic rings. The number of allylic oxidation sites excluding steroid dienone is 1. The number of carbonyl (C=O) groups excluding carboxylic acids is 2. The van der Waals surface area contributed by atoms with Crippen molar-refractivity contribution in [3.63, 3.8) is 0 Å². The molecule has 0 fully saturated rings. The fraction of sp³-hybridized carbons (Fsp3) is 0.920. The van der Waals surface area contributed by atoms with Crippen LogP contribution in [0.1, 0.15) is 257 Å². The minimum atomic E-state index is -4.62. The van der Waals surface area contributed by atoms with Crippen LogP contribution in [0.5, 0.6) is 0 Å². The quantitative estimate of drug-likeness (QED) is 0.0233. The van der Waals surface area contributed by atoms with Gasteiger partial charge in [-0.3, -0.25) is 18.6 Å². The van der Waals surface area contributed by atoms with Crippen molar-refractivity contribution in [3.8, 4) is 0 Å². The molecular formula is C50H97O10P.